The van der Waals surface area contributed by atoms with Gasteiger partial charge in [-0.3, -0.25) is 18.7 Å². The molecule has 0 saturated heterocycles. The Bertz CT molecular complexity index is 1270. The van der Waals surface area contributed by atoms with E-state index in [-0.39, 0.29) is 13.1 Å². The summed E-state index contributed by atoms with van der Waals surface area (Å²) in [6.07, 6.45) is 1.58. The van der Waals surface area contributed by atoms with Crippen molar-refractivity contribution in [2.75, 3.05) is 5.32 Å². The van der Waals surface area contributed by atoms with E-state index in [1.165, 1.54) is 27.2 Å². The van der Waals surface area contributed by atoms with Crippen molar-refractivity contribution >= 4 is 55.5 Å². The largest absolute Gasteiger partial charge is 0.332 e. The molecule has 142 valence electrons. The van der Waals surface area contributed by atoms with Crippen LogP contribution in [0.3, 0.4) is 0 Å². The molecule has 0 unspecified atom stereocenters. The first kappa shape index (κ1) is 18.6. The second kappa shape index (κ2) is 7.70. The van der Waals surface area contributed by atoms with Crippen molar-refractivity contribution in [2.24, 2.45) is 0 Å². The predicted molar refractivity (Wildman–Crippen MR) is 112 cm³/mol. The van der Waals surface area contributed by atoms with Crippen molar-refractivity contribution in [1.82, 2.24) is 14.1 Å². The number of thiazole rings is 1. The van der Waals surface area contributed by atoms with Crippen LogP contribution in [0.15, 0.2) is 56.9 Å². The SMILES string of the molecule is O=C(Cn1c(=O)n(Cc2ccccc2Cl)c(=O)c2sccc21)Nc1nccs1. The first-order valence-electron chi connectivity index (χ1n) is 8.18. The van der Waals surface area contributed by atoms with Crippen LogP contribution in [-0.2, 0) is 17.9 Å². The van der Waals surface area contributed by atoms with Crippen molar-refractivity contribution in [3.63, 3.8) is 0 Å². The zero-order valence-electron chi connectivity index (χ0n) is 14.3. The maximum atomic E-state index is 13.0. The fourth-order valence-corrected chi connectivity index (χ4v) is 4.39. The summed E-state index contributed by atoms with van der Waals surface area (Å²) in [4.78, 5) is 42.3. The smallest absolute Gasteiger partial charge is 0.300 e. The van der Waals surface area contributed by atoms with Crippen molar-refractivity contribution in [1.29, 1.82) is 0 Å². The van der Waals surface area contributed by atoms with Crippen molar-refractivity contribution < 1.29 is 4.79 Å². The number of aromatic nitrogens is 3. The number of hydrogen-bond acceptors (Lipinski definition) is 6. The Kier molecular flexibility index (Phi) is 5.12. The van der Waals surface area contributed by atoms with Gasteiger partial charge in [-0.15, -0.1) is 22.7 Å². The van der Waals surface area contributed by atoms with Gasteiger partial charge in [-0.1, -0.05) is 29.8 Å². The van der Waals surface area contributed by atoms with Gasteiger partial charge in [0, 0.05) is 16.6 Å². The highest BCUT2D eigenvalue weighted by molar-refractivity contribution is 7.17. The Hall–Kier alpha value is -2.75. The van der Waals surface area contributed by atoms with Crippen molar-refractivity contribution in [2.45, 2.75) is 13.1 Å². The Morgan fingerprint density at radius 3 is 2.68 bits per heavy atom. The van der Waals surface area contributed by atoms with Crippen LogP contribution in [0.2, 0.25) is 5.02 Å². The fourth-order valence-electron chi connectivity index (χ4n) is 2.81. The number of rotatable bonds is 5. The molecule has 28 heavy (non-hydrogen) atoms. The summed E-state index contributed by atoms with van der Waals surface area (Å²) >= 11 is 8.70. The molecule has 0 radical (unpaired) electrons. The van der Waals surface area contributed by atoms with Crippen LogP contribution < -0.4 is 16.6 Å². The molecule has 0 saturated carbocycles. The van der Waals surface area contributed by atoms with Gasteiger partial charge in [0.15, 0.2) is 5.13 Å². The molecule has 0 aliphatic carbocycles. The number of carbonyl (C=O) groups is 1. The quantitative estimate of drug-likeness (QED) is 0.525. The van der Waals surface area contributed by atoms with E-state index in [1.807, 2.05) is 0 Å². The summed E-state index contributed by atoms with van der Waals surface area (Å²) in [5, 5.41) is 7.03. The maximum absolute atomic E-state index is 13.0. The van der Waals surface area contributed by atoms with E-state index in [2.05, 4.69) is 10.3 Å². The number of nitrogens with zero attached hydrogens (tertiary/aromatic N) is 3. The van der Waals surface area contributed by atoms with E-state index in [4.69, 9.17) is 11.6 Å². The molecule has 10 heteroatoms. The Morgan fingerprint density at radius 2 is 1.93 bits per heavy atom. The van der Waals surface area contributed by atoms with E-state index >= 15 is 0 Å². The highest BCUT2D eigenvalue weighted by Crippen LogP contribution is 2.18. The first-order valence-corrected chi connectivity index (χ1v) is 10.3. The van der Waals surface area contributed by atoms with E-state index in [0.29, 0.717) is 25.9 Å². The molecule has 4 aromatic rings. The molecule has 7 nitrogen and oxygen atoms in total. The van der Waals surface area contributed by atoms with Crippen LogP contribution in [0.5, 0.6) is 0 Å². The summed E-state index contributed by atoms with van der Waals surface area (Å²) in [6, 6.07) is 8.69. The molecule has 1 amide bonds. The number of benzene rings is 1. The fraction of sp³-hybridized carbons (Fsp3) is 0.111. The van der Waals surface area contributed by atoms with Gasteiger partial charge in [-0.25, -0.2) is 9.78 Å². The van der Waals surface area contributed by atoms with Gasteiger partial charge in [0.1, 0.15) is 11.2 Å². The minimum absolute atomic E-state index is 0.0271. The number of anilines is 1. The van der Waals surface area contributed by atoms with Gasteiger partial charge in [-0.05, 0) is 23.1 Å². The average molecular weight is 433 g/mol. The van der Waals surface area contributed by atoms with Gasteiger partial charge in [0.2, 0.25) is 5.91 Å². The standard InChI is InChI=1S/C18H13ClN4O3S2/c19-12-4-2-1-3-11(12)9-23-16(25)15-13(5-7-27-15)22(18(23)26)10-14(24)21-17-20-6-8-28-17/h1-8H,9-10H2,(H,20,21,24). The molecular weight excluding hydrogens is 420 g/mol. The van der Waals surface area contributed by atoms with Gasteiger partial charge in [-0.2, -0.15) is 0 Å². The second-order valence-electron chi connectivity index (χ2n) is 5.87. The number of halogens is 1. The molecule has 3 heterocycles. The minimum atomic E-state index is -0.565. The molecule has 0 aliphatic heterocycles. The molecule has 1 N–H and O–H groups in total. The first-order chi connectivity index (χ1) is 13.5. The number of fused-ring (bicyclic) bond motifs is 1. The molecule has 0 atom stereocenters. The van der Waals surface area contributed by atoms with Crippen molar-refractivity contribution in [3.05, 3.63) is 78.7 Å². The summed E-state index contributed by atoms with van der Waals surface area (Å²) in [7, 11) is 0. The van der Waals surface area contributed by atoms with Crippen LogP contribution >= 0.6 is 34.3 Å². The molecule has 0 aliphatic rings. The third-order valence-electron chi connectivity index (χ3n) is 4.10. The predicted octanol–water partition coefficient (Wildman–Crippen LogP) is 3.02. The lowest BCUT2D eigenvalue weighted by Crippen LogP contribution is -2.41. The Labute approximate surface area is 171 Å². The van der Waals surface area contributed by atoms with Gasteiger partial charge < -0.3 is 5.32 Å². The Morgan fingerprint density at radius 1 is 1.11 bits per heavy atom. The van der Waals surface area contributed by atoms with Gasteiger partial charge in [0.05, 0.1) is 12.1 Å². The third-order valence-corrected chi connectivity index (χ3v) is 6.05. The summed E-state index contributed by atoms with van der Waals surface area (Å²) < 4.78 is 2.82. The zero-order chi connectivity index (χ0) is 19.7. The molecule has 3 aromatic heterocycles. The maximum Gasteiger partial charge on any atom is 0.332 e. The monoisotopic (exact) mass is 432 g/mol. The highest BCUT2D eigenvalue weighted by Gasteiger charge is 2.17. The van der Waals surface area contributed by atoms with Crippen molar-refractivity contribution in [3.8, 4) is 0 Å². The number of thiophene rings is 1. The molecule has 1 aromatic carbocycles. The topological polar surface area (TPSA) is 86.0 Å². The number of amides is 1. The summed E-state index contributed by atoms with van der Waals surface area (Å²) in [6.45, 7) is -0.201. The normalized spacial score (nSPS) is 11.0. The number of nitrogens with one attached hydrogen (secondary N) is 1. The number of hydrogen-bond donors (Lipinski definition) is 1. The summed E-state index contributed by atoms with van der Waals surface area (Å²) in [5.41, 5.74) is 0.124. The van der Waals surface area contributed by atoms with Crippen LogP contribution in [0.4, 0.5) is 5.13 Å². The van der Waals surface area contributed by atoms with E-state index < -0.39 is 17.2 Å². The highest BCUT2D eigenvalue weighted by atomic mass is 35.5. The third kappa shape index (κ3) is 3.51. The number of carbonyl (C=O) groups excluding carboxylic acids is 1. The molecule has 0 bridgehead atoms. The van der Waals surface area contributed by atoms with Gasteiger partial charge >= 0.3 is 5.69 Å². The van der Waals surface area contributed by atoms with Crippen LogP contribution in [-0.4, -0.2) is 20.0 Å². The molecule has 0 fully saturated rings. The lowest BCUT2D eigenvalue weighted by Gasteiger charge is -2.12. The van der Waals surface area contributed by atoms with Crippen LogP contribution in [0.25, 0.3) is 10.2 Å². The van der Waals surface area contributed by atoms with Crippen LogP contribution in [0.1, 0.15) is 5.56 Å². The minimum Gasteiger partial charge on any atom is -0.300 e. The average Bonchev–Trinajstić information content (AvgIpc) is 3.35. The van der Waals surface area contributed by atoms with E-state index in [9.17, 15) is 14.4 Å². The summed E-state index contributed by atoms with van der Waals surface area (Å²) in [5.74, 6) is -0.396. The van der Waals surface area contributed by atoms with E-state index in [0.717, 1.165) is 4.57 Å². The van der Waals surface area contributed by atoms with Crippen LogP contribution in [0, 0.1) is 0 Å². The van der Waals surface area contributed by atoms with E-state index in [1.54, 1.807) is 47.3 Å². The Balaban J connectivity index is 1.77. The molecule has 4 rings (SSSR count). The van der Waals surface area contributed by atoms with Gasteiger partial charge in [0.25, 0.3) is 5.56 Å². The zero-order valence-corrected chi connectivity index (χ0v) is 16.7. The lowest BCUT2D eigenvalue weighted by atomic mass is 10.2. The lowest BCUT2D eigenvalue weighted by molar-refractivity contribution is -0.116. The molecular formula is C18H13ClN4O3S2. The molecule has 0 spiro atoms. The second-order valence-corrected chi connectivity index (χ2v) is 8.09.